The summed E-state index contributed by atoms with van der Waals surface area (Å²) in [4.78, 5) is 21.0. The number of nitrogens with one attached hydrogen (secondary N) is 2. The molecule has 0 radical (unpaired) electrons. The van der Waals surface area contributed by atoms with Crippen molar-refractivity contribution < 1.29 is 31.9 Å². The van der Waals surface area contributed by atoms with E-state index in [9.17, 15) is 27.5 Å². The van der Waals surface area contributed by atoms with Crippen LogP contribution in [0.5, 0.6) is 0 Å². The highest BCUT2D eigenvalue weighted by molar-refractivity contribution is 5.99. The summed E-state index contributed by atoms with van der Waals surface area (Å²) in [5.41, 5.74) is 7.06. The molecule has 8 nitrogen and oxygen atoms in total. The van der Waals surface area contributed by atoms with Gasteiger partial charge in [-0.25, -0.2) is 13.8 Å². The molecule has 5 N–H and O–H groups in total. The van der Waals surface area contributed by atoms with Crippen molar-refractivity contribution >= 4 is 29.2 Å². The zero-order chi connectivity index (χ0) is 28.5. The van der Waals surface area contributed by atoms with E-state index in [0.29, 0.717) is 11.1 Å². The topological polar surface area (TPSA) is 116 Å². The van der Waals surface area contributed by atoms with Gasteiger partial charge in [-0.1, -0.05) is 6.07 Å². The molecule has 0 spiro atoms. The molecule has 0 saturated carbocycles. The second-order valence-corrected chi connectivity index (χ2v) is 9.40. The highest BCUT2D eigenvalue weighted by atomic mass is 19.4. The Bertz CT molecular complexity index is 1410. The van der Waals surface area contributed by atoms with Gasteiger partial charge in [-0.2, -0.15) is 13.2 Å². The smallest absolute Gasteiger partial charge is 0.398 e. The van der Waals surface area contributed by atoms with E-state index in [-0.39, 0.29) is 34.9 Å². The Balaban J connectivity index is 1.49. The van der Waals surface area contributed by atoms with Gasteiger partial charge in [0.05, 0.1) is 22.5 Å². The van der Waals surface area contributed by atoms with E-state index in [1.807, 2.05) is 0 Å². The maximum atomic E-state index is 15.1. The molecule has 206 valence electrons. The SMILES string of the molecule is CC(C)(F)C(O)NCc1cnc2c(c1)C(=O)N(Nc1ccc(N)c(C=Nc3cccc(C(F)(F)F)c3)c1)C2F. The predicted octanol–water partition coefficient (Wildman–Crippen LogP) is 5.04. The number of hydrazine groups is 1. The van der Waals surface area contributed by atoms with Gasteiger partial charge in [0.1, 0.15) is 17.6 Å². The Kier molecular flexibility index (Phi) is 7.57. The molecule has 0 aliphatic carbocycles. The van der Waals surface area contributed by atoms with Crippen LogP contribution in [0.3, 0.4) is 0 Å². The maximum absolute atomic E-state index is 15.1. The predicted molar refractivity (Wildman–Crippen MR) is 135 cm³/mol. The number of fused-ring (bicyclic) bond motifs is 1. The number of nitrogen functional groups attached to an aromatic ring is 1. The number of carbonyl (C=O) groups is 1. The molecular formula is C26H25F5N6O2. The Morgan fingerprint density at radius 3 is 2.62 bits per heavy atom. The van der Waals surface area contributed by atoms with Gasteiger partial charge in [-0.3, -0.25) is 25.5 Å². The van der Waals surface area contributed by atoms with Crippen LogP contribution in [-0.2, 0) is 12.7 Å². The number of aliphatic hydroxyl groups excluding tert-OH is 1. The zero-order valence-electron chi connectivity index (χ0n) is 20.8. The molecule has 0 saturated heterocycles. The van der Waals surface area contributed by atoms with Gasteiger partial charge >= 0.3 is 6.18 Å². The summed E-state index contributed by atoms with van der Waals surface area (Å²) < 4.78 is 67.8. The third-order valence-corrected chi connectivity index (χ3v) is 5.89. The number of alkyl halides is 5. The van der Waals surface area contributed by atoms with E-state index >= 15 is 4.39 Å². The molecule has 2 aromatic carbocycles. The Hall–Kier alpha value is -4.10. The van der Waals surface area contributed by atoms with Gasteiger partial charge in [-0.05, 0) is 61.9 Å². The van der Waals surface area contributed by atoms with Crippen molar-refractivity contribution in [2.75, 3.05) is 11.2 Å². The van der Waals surface area contributed by atoms with E-state index in [0.717, 1.165) is 17.1 Å². The number of aliphatic imine (C=N–C) groups is 1. The summed E-state index contributed by atoms with van der Waals surface area (Å²) in [6.45, 7) is 2.39. The zero-order valence-corrected chi connectivity index (χ0v) is 20.8. The number of aliphatic hydroxyl groups is 1. The fraction of sp³-hybridized carbons (Fsp3) is 0.269. The summed E-state index contributed by atoms with van der Waals surface area (Å²) in [5, 5.41) is 13.1. The van der Waals surface area contributed by atoms with Crippen LogP contribution in [0.1, 0.15) is 52.9 Å². The van der Waals surface area contributed by atoms with Gasteiger partial charge in [-0.15, -0.1) is 0 Å². The summed E-state index contributed by atoms with van der Waals surface area (Å²) in [7, 11) is 0. The Morgan fingerprint density at radius 1 is 1.18 bits per heavy atom. The van der Waals surface area contributed by atoms with E-state index < -0.39 is 35.8 Å². The number of anilines is 2. The highest BCUT2D eigenvalue weighted by Crippen LogP contribution is 2.34. The minimum atomic E-state index is -4.52. The number of nitrogens with zero attached hydrogens (tertiary/aromatic N) is 3. The van der Waals surface area contributed by atoms with Gasteiger partial charge in [0.15, 0.2) is 0 Å². The normalized spacial score (nSPS) is 16.6. The monoisotopic (exact) mass is 548 g/mol. The third-order valence-electron chi connectivity index (χ3n) is 5.89. The lowest BCUT2D eigenvalue weighted by atomic mass is 10.1. The van der Waals surface area contributed by atoms with Crippen LogP contribution < -0.4 is 16.5 Å². The van der Waals surface area contributed by atoms with Crippen LogP contribution in [0.15, 0.2) is 59.7 Å². The van der Waals surface area contributed by atoms with Crippen molar-refractivity contribution in [1.29, 1.82) is 0 Å². The highest BCUT2D eigenvalue weighted by Gasteiger charge is 2.39. The van der Waals surface area contributed by atoms with Crippen LogP contribution in [0.25, 0.3) is 0 Å². The molecule has 0 bridgehead atoms. The molecule has 13 heteroatoms. The van der Waals surface area contributed by atoms with Gasteiger partial charge < -0.3 is 10.8 Å². The lowest BCUT2D eigenvalue weighted by molar-refractivity contribution is -0.137. The van der Waals surface area contributed by atoms with Gasteiger partial charge in [0.25, 0.3) is 5.91 Å². The van der Waals surface area contributed by atoms with E-state index in [1.54, 1.807) is 0 Å². The number of pyridine rings is 1. The van der Waals surface area contributed by atoms with Crippen LogP contribution in [0.2, 0.25) is 0 Å². The molecule has 0 fully saturated rings. The minimum Gasteiger partial charge on any atom is -0.398 e. The summed E-state index contributed by atoms with van der Waals surface area (Å²) in [5.74, 6) is -0.714. The number of hydrogen-bond acceptors (Lipinski definition) is 7. The first-order valence-corrected chi connectivity index (χ1v) is 11.7. The van der Waals surface area contributed by atoms with Crippen LogP contribution >= 0.6 is 0 Å². The maximum Gasteiger partial charge on any atom is 0.416 e. The van der Waals surface area contributed by atoms with Crippen molar-refractivity contribution in [3.63, 3.8) is 0 Å². The first-order valence-electron chi connectivity index (χ1n) is 11.7. The Morgan fingerprint density at radius 2 is 1.92 bits per heavy atom. The number of nitrogens with two attached hydrogens (primary N) is 1. The lowest BCUT2D eigenvalue weighted by Crippen LogP contribution is -2.43. The van der Waals surface area contributed by atoms with E-state index in [1.165, 1.54) is 62.7 Å². The fourth-order valence-corrected chi connectivity index (χ4v) is 3.70. The van der Waals surface area contributed by atoms with Crippen molar-refractivity contribution in [2.45, 2.75) is 44.8 Å². The Labute approximate surface area is 220 Å². The molecule has 2 unspecified atom stereocenters. The van der Waals surface area contributed by atoms with Crippen molar-refractivity contribution in [1.82, 2.24) is 15.3 Å². The summed E-state index contributed by atoms with van der Waals surface area (Å²) >= 11 is 0. The number of hydrogen-bond donors (Lipinski definition) is 4. The molecule has 2 atom stereocenters. The number of benzene rings is 2. The summed E-state index contributed by atoms with van der Waals surface area (Å²) in [6, 6.07) is 10.3. The molecule has 1 aromatic heterocycles. The van der Waals surface area contributed by atoms with E-state index in [4.69, 9.17) is 5.73 Å². The standard InChI is InChI=1S/C26H25F5N6O2/c1-25(2,28)24(39)35-12-14-8-19-21(34-11-14)22(27)37(23(19)38)36-18-6-7-20(32)15(9-18)13-33-17-5-3-4-16(10-17)26(29,30)31/h3-11,13,22,24,35-36,39H,12,32H2,1-2H3. The summed E-state index contributed by atoms with van der Waals surface area (Å²) in [6.07, 6.45) is -5.33. The van der Waals surface area contributed by atoms with Crippen LogP contribution in [-0.4, -0.2) is 39.1 Å². The fourth-order valence-electron chi connectivity index (χ4n) is 3.70. The van der Waals surface area contributed by atoms with Crippen molar-refractivity contribution in [3.05, 3.63) is 82.7 Å². The second kappa shape index (κ2) is 10.6. The van der Waals surface area contributed by atoms with Crippen LogP contribution in [0.4, 0.5) is 39.0 Å². The third kappa shape index (κ3) is 6.32. The average Bonchev–Trinajstić information content (AvgIpc) is 3.10. The second-order valence-electron chi connectivity index (χ2n) is 9.40. The molecule has 4 rings (SSSR count). The van der Waals surface area contributed by atoms with Gasteiger partial charge in [0.2, 0.25) is 6.30 Å². The molecule has 1 aliphatic heterocycles. The number of halogens is 5. The molecular weight excluding hydrogens is 523 g/mol. The molecule has 1 aliphatic rings. The molecule has 3 aromatic rings. The van der Waals surface area contributed by atoms with Crippen LogP contribution in [0, 0.1) is 0 Å². The molecule has 1 amide bonds. The average molecular weight is 549 g/mol. The van der Waals surface area contributed by atoms with Gasteiger partial charge in [0, 0.05) is 30.2 Å². The lowest BCUT2D eigenvalue weighted by Gasteiger charge is -2.22. The minimum absolute atomic E-state index is 0.00919. The van der Waals surface area contributed by atoms with Crippen molar-refractivity contribution in [3.8, 4) is 0 Å². The number of aromatic nitrogens is 1. The molecule has 39 heavy (non-hydrogen) atoms. The van der Waals surface area contributed by atoms with E-state index in [2.05, 4.69) is 20.7 Å². The number of carbonyl (C=O) groups excluding carboxylic acids is 1. The quantitative estimate of drug-likeness (QED) is 0.103. The van der Waals surface area contributed by atoms with Crippen molar-refractivity contribution in [2.24, 2.45) is 4.99 Å². The number of amides is 1. The first-order chi connectivity index (χ1) is 18.2. The first kappa shape index (κ1) is 27.9. The largest absolute Gasteiger partial charge is 0.416 e. The molecule has 2 heterocycles. The number of rotatable bonds is 8.